The number of amides is 1. The summed E-state index contributed by atoms with van der Waals surface area (Å²) in [6.45, 7) is 6.34. The third-order valence-electron chi connectivity index (χ3n) is 4.68. The van der Waals surface area contributed by atoms with Crippen LogP contribution in [0.1, 0.15) is 19.4 Å². The van der Waals surface area contributed by atoms with Crippen LogP contribution < -0.4 is 5.32 Å². The van der Waals surface area contributed by atoms with Gasteiger partial charge in [0.2, 0.25) is 15.9 Å². The van der Waals surface area contributed by atoms with Gasteiger partial charge in [-0.2, -0.15) is 4.31 Å². The number of nitrogens with zero attached hydrogens (tertiary/aromatic N) is 4. The summed E-state index contributed by atoms with van der Waals surface area (Å²) < 4.78 is 28.6. The van der Waals surface area contributed by atoms with E-state index in [0.717, 1.165) is 11.3 Å². The van der Waals surface area contributed by atoms with Gasteiger partial charge in [0, 0.05) is 18.8 Å². The average molecular weight is 460 g/mol. The van der Waals surface area contributed by atoms with Gasteiger partial charge in [-0.1, -0.05) is 49.9 Å². The zero-order chi connectivity index (χ0) is 22.4. The smallest absolute Gasteiger partial charge is 0.243 e. The van der Waals surface area contributed by atoms with Crippen LogP contribution in [0.4, 0.5) is 5.69 Å². The maximum absolute atomic E-state index is 12.7. The van der Waals surface area contributed by atoms with Crippen molar-refractivity contribution >= 4 is 33.4 Å². The molecule has 0 unspecified atom stereocenters. The first-order valence-electron chi connectivity index (χ1n) is 9.85. The number of para-hydroxylation sites is 1. The number of thioether (sulfide) groups is 1. The summed E-state index contributed by atoms with van der Waals surface area (Å²) in [5.41, 5.74) is 2.45. The second kappa shape index (κ2) is 10.1. The second-order valence-electron chi connectivity index (χ2n) is 6.72. The largest absolute Gasteiger partial charge is 0.325 e. The van der Waals surface area contributed by atoms with Gasteiger partial charge in [-0.15, -0.1) is 10.2 Å². The standard InChI is InChI=1S/C21H25N5O3S2/c1-4-25(5-2)31(28,29)18-11-8-10-17(13-18)23-20(27)14-30-21-24-22-15-26(21)19-12-7-6-9-16(19)3/h6-13,15H,4-5,14H2,1-3H3,(H,23,27). The topological polar surface area (TPSA) is 97.2 Å². The number of aryl methyl sites for hydroxylation is 1. The molecule has 2 aromatic carbocycles. The number of anilines is 1. The van der Waals surface area contributed by atoms with E-state index in [2.05, 4.69) is 15.5 Å². The summed E-state index contributed by atoms with van der Waals surface area (Å²) in [4.78, 5) is 12.6. The Kier molecular flexibility index (Phi) is 7.47. The number of hydrogen-bond donors (Lipinski definition) is 1. The molecule has 0 aliphatic rings. The highest BCUT2D eigenvalue weighted by molar-refractivity contribution is 7.99. The van der Waals surface area contributed by atoms with E-state index in [1.54, 1.807) is 32.3 Å². The zero-order valence-corrected chi connectivity index (χ0v) is 19.3. The van der Waals surface area contributed by atoms with Gasteiger partial charge in [-0.3, -0.25) is 9.36 Å². The Morgan fingerprint density at radius 1 is 1.13 bits per heavy atom. The fourth-order valence-electron chi connectivity index (χ4n) is 3.10. The van der Waals surface area contributed by atoms with Crippen LogP contribution in [0.2, 0.25) is 0 Å². The minimum Gasteiger partial charge on any atom is -0.325 e. The Balaban J connectivity index is 1.68. The van der Waals surface area contributed by atoms with Crippen LogP contribution in [-0.4, -0.2) is 52.2 Å². The molecule has 164 valence electrons. The van der Waals surface area contributed by atoms with Crippen LogP contribution in [0.15, 0.2) is 64.9 Å². The molecule has 0 atom stereocenters. The van der Waals surface area contributed by atoms with Gasteiger partial charge < -0.3 is 5.32 Å². The molecule has 0 aliphatic carbocycles. The Bertz CT molecular complexity index is 1160. The first-order chi connectivity index (χ1) is 14.9. The molecule has 10 heteroatoms. The summed E-state index contributed by atoms with van der Waals surface area (Å²) in [6.07, 6.45) is 1.62. The quantitative estimate of drug-likeness (QED) is 0.493. The van der Waals surface area contributed by atoms with Crippen molar-refractivity contribution in [3.05, 3.63) is 60.4 Å². The van der Waals surface area contributed by atoms with Gasteiger partial charge in [0.25, 0.3) is 0 Å². The van der Waals surface area contributed by atoms with Gasteiger partial charge in [-0.25, -0.2) is 8.42 Å². The van der Waals surface area contributed by atoms with Crippen molar-refractivity contribution in [3.8, 4) is 5.69 Å². The molecule has 0 aliphatic heterocycles. The Hall–Kier alpha value is -2.69. The minimum absolute atomic E-state index is 0.109. The van der Waals surface area contributed by atoms with Gasteiger partial charge in [0.15, 0.2) is 5.16 Å². The van der Waals surface area contributed by atoms with Crippen molar-refractivity contribution in [2.24, 2.45) is 0 Å². The lowest BCUT2D eigenvalue weighted by molar-refractivity contribution is -0.113. The second-order valence-corrected chi connectivity index (χ2v) is 9.60. The molecule has 1 aromatic heterocycles. The van der Waals surface area contributed by atoms with E-state index in [0.29, 0.717) is 23.9 Å². The number of hydrogen-bond acceptors (Lipinski definition) is 6. The summed E-state index contributed by atoms with van der Waals surface area (Å²) >= 11 is 1.26. The van der Waals surface area contributed by atoms with Crippen molar-refractivity contribution in [1.82, 2.24) is 19.1 Å². The molecule has 31 heavy (non-hydrogen) atoms. The lowest BCUT2D eigenvalue weighted by Gasteiger charge is -2.18. The van der Waals surface area contributed by atoms with E-state index in [9.17, 15) is 13.2 Å². The van der Waals surface area contributed by atoms with Crippen LogP contribution in [0.25, 0.3) is 5.69 Å². The van der Waals surface area contributed by atoms with E-state index < -0.39 is 10.0 Å². The van der Waals surface area contributed by atoms with E-state index in [-0.39, 0.29) is 16.6 Å². The monoisotopic (exact) mass is 459 g/mol. The third-order valence-corrected chi connectivity index (χ3v) is 7.67. The molecular formula is C21H25N5O3S2. The maximum atomic E-state index is 12.7. The van der Waals surface area contributed by atoms with Crippen molar-refractivity contribution < 1.29 is 13.2 Å². The fourth-order valence-corrected chi connectivity index (χ4v) is 5.32. The number of benzene rings is 2. The van der Waals surface area contributed by atoms with Crippen LogP contribution in [0.3, 0.4) is 0 Å². The van der Waals surface area contributed by atoms with Crippen LogP contribution in [-0.2, 0) is 14.8 Å². The third kappa shape index (κ3) is 5.33. The summed E-state index contributed by atoms with van der Waals surface area (Å²) in [5.74, 6) is -0.154. The maximum Gasteiger partial charge on any atom is 0.243 e. The van der Waals surface area contributed by atoms with Crippen molar-refractivity contribution in [3.63, 3.8) is 0 Å². The zero-order valence-electron chi connectivity index (χ0n) is 17.6. The molecular weight excluding hydrogens is 434 g/mol. The highest BCUT2D eigenvalue weighted by Crippen LogP contribution is 2.23. The molecule has 3 aromatic rings. The first-order valence-corrected chi connectivity index (χ1v) is 12.3. The highest BCUT2D eigenvalue weighted by Gasteiger charge is 2.22. The van der Waals surface area contributed by atoms with Crippen molar-refractivity contribution in [2.45, 2.75) is 30.8 Å². The lowest BCUT2D eigenvalue weighted by Crippen LogP contribution is -2.30. The Morgan fingerprint density at radius 3 is 2.58 bits per heavy atom. The molecule has 0 bridgehead atoms. The predicted molar refractivity (Wildman–Crippen MR) is 122 cm³/mol. The number of carbonyl (C=O) groups excluding carboxylic acids is 1. The number of aromatic nitrogens is 3. The number of rotatable bonds is 9. The van der Waals surface area contributed by atoms with Crippen LogP contribution in [0.5, 0.6) is 0 Å². The van der Waals surface area contributed by atoms with E-state index >= 15 is 0 Å². The average Bonchev–Trinajstić information content (AvgIpc) is 3.22. The molecule has 3 rings (SSSR count). The van der Waals surface area contributed by atoms with Gasteiger partial charge >= 0.3 is 0 Å². The van der Waals surface area contributed by atoms with Crippen LogP contribution in [0, 0.1) is 6.92 Å². The number of sulfonamides is 1. The van der Waals surface area contributed by atoms with E-state index in [1.165, 1.54) is 28.2 Å². The van der Waals surface area contributed by atoms with Gasteiger partial charge in [-0.05, 0) is 36.8 Å². The Labute approximate surface area is 186 Å². The molecule has 0 fully saturated rings. The SMILES string of the molecule is CCN(CC)S(=O)(=O)c1cccc(NC(=O)CSc2nncn2-c2ccccc2C)c1. The fraction of sp³-hybridized carbons (Fsp3) is 0.286. The van der Waals surface area contributed by atoms with Gasteiger partial charge in [0.05, 0.1) is 16.3 Å². The summed E-state index contributed by atoms with van der Waals surface area (Å²) in [5, 5.41) is 11.4. The van der Waals surface area contributed by atoms with Crippen LogP contribution >= 0.6 is 11.8 Å². The molecule has 1 amide bonds. The Morgan fingerprint density at radius 2 is 1.87 bits per heavy atom. The molecule has 0 spiro atoms. The molecule has 8 nitrogen and oxygen atoms in total. The molecule has 0 saturated carbocycles. The molecule has 0 saturated heterocycles. The van der Waals surface area contributed by atoms with E-state index in [4.69, 9.17) is 0 Å². The van der Waals surface area contributed by atoms with Gasteiger partial charge in [0.1, 0.15) is 6.33 Å². The molecule has 0 radical (unpaired) electrons. The molecule has 1 N–H and O–H groups in total. The number of carbonyl (C=O) groups is 1. The predicted octanol–water partition coefficient (Wildman–Crippen LogP) is 3.34. The first kappa shape index (κ1) is 23.0. The highest BCUT2D eigenvalue weighted by atomic mass is 32.2. The normalized spacial score (nSPS) is 11.6. The van der Waals surface area contributed by atoms with E-state index in [1.807, 2.05) is 35.8 Å². The van der Waals surface area contributed by atoms with Crippen molar-refractivity contribution in [1.29, 1.82) is 0 Å². The summed E-state index contributed by atoms with van der Waals surface area (Å²) in [6, 6.07) is 14.1. The minimum atomic E-state index is -3.59. The molecule has 1 heterocycles. The lowest BCUT2D eigenvalue weighted by atomic mass is 10.2. The number of nitrogens with one attached hydrogen (secondary N) is 1. The van der Waals surface area contributed by atoms with Crippen molar-refractivity contribution in [2.75, 3.05) is 24.2 Å². The summed E-state index contributed by atoms with van der Waals surface area (Å²) in [7, 11) is -3.59.